The van der Waals surface area contributed by atoms with Gasteiger partial charge in [-0.2, -0.15) is 0 Å². The maximum absolute atomic E-state index is 12.3. The summed E-state index contributed by atoms with van der Waals surface area (Å²) in [5.74, 6) is -0.235. The van der Waals surface area contributed by atoms with Crippen LogP contribution in [0.5, 0.6) is 0 Å². The highest BCUT2D eigenvalue weighted by Gasteiger charge is 2.16. The highest BCUT2D eigenvalue weighted by atomic mass is 79.9. The number of nitrogens with one attached hydrogen (secondary N) is 1. The van der Waals surface area contributed by atoms with E-state index in [1.165, 1.54) is 5.56 Å². The Labute approximate surface area is 137 Å². The molecule has 2 rings (SSSR count). The van der Waals surface area contributed by atoms with Crippen LogP contribution in [0.3, 0.4) is 0 Å². The second-order valence-corrected chi connectivity index (χ2v) is 6.32. The molecule has 3 nitrogen and oxygen atoms in total. The van der Waals surface area contributed by atoms with Crippen molar-refractivity contribution in [1.82, 2.24) is 10.3 Å². The Morgan fingerprint density at radius 2 is 2.05 bits per heavy atom. The molecule has 0 bridgehead atoms. The van der Waals surface area contributed by atoms with Crippen molar-refractivity contribution in [3.05, 3.63) is 62.3 Å². The molecule has 0 fully saturated rings. The van der Waals surface area contributed by atoms with E-state index in [1.807, 2.05) is 32.9 Å². The van der Waals surface area contributed by atoms with E-state index >= 15 is 0 Å². The molecule has 0 aliphatic heterocycles. The Morgan fingerprint density at radius 3 is 2.71 bits per heavy atom. The predicted octanol–water partition coefficient (Wildman–Crippen LogP) is 4.61. The van der Waals surface area contributed by atoms with Gasteiger partial charge in [-0.25, -0.2) is 4.98 Å². The van der Waals surface area contributed by atoms with Gasteiger partial charge in [-0.05, 0) is 53.9 Å². The number of amides is 1. The summed E-state index contributed by atoms with van der Waals surface area (Å²) in [4.78, 5) is 16.3. The lowest BCUT2D eigenvalue weighted by molar-refractivity contribution is 0.0939. The van der Waals surface area contributed by atoms with E-state index in [2.05, 4.69) is 32.3 Å². The minimum absolute atomic E-state index is 0.104. The van der Waals surface area contributed by atoms with E-state index in [-0.39, 0.29) is 17.1 Å². The van der Waals surface area contributed by atoms with Crippen LogP contribution in [0.1, 0.15) is 40.0 Å². The second kappa shape index (κ2) is 6.58. The lowest BCUT2D eigenvalue weighted by Crippen LogP contribution is -2.27. The van der Waals surface area contributed by atoms with Crippen molar-refractivity contribution in [2.24, 2.45) is 0 Å². The standard InChI is InChI=1S/C16H16BrClN2O/c1-9-4-5-13(10(2)6-9)11(3)20-16(21)14-7-12(17)8-19-15(14)18/h4-8,11H,1-3H3,(H,20,21). The van der Waals surface area contributed by atoms with Crippen LogP contribution in [-0.2, 0) is 0 Å². The second-order valence-electron chi connectivity index (χ2n) is 5.05. The molecular weight excluding hydrogens is 352 g/mol. The van der Waals surface area contributed by atoms with E-state index < -0.39 is 0 Å². The zero-order chi connectivity index (χ0) is 15.6. The first kappa shape index (κ1) is 16.0. The van der Waals surface area contributed by atoms with E-state index in [4.69, 9.17) is 11.6 Å². The number of halogens is 2. The van der Waals surface area contributed by atoms with Gasteiger partial charge in [0.25, 0.3) is 5.91 Å². The fraction of sp³-hybridized carbons (Fsp3) is 0.250. The molecule has 2 aromatic rings. The molecular formula is C16H16BrClN2O. The SMILES string of the molecule is Cc1ccc(C(C)NC(=O)c2cc(Br)cnc2Cl)c(C)c1. The Balaban J connectivity index is 2.20. The first-order chi connectivity index (χ1) is 9.88. The topological polar surface area (TPSA) is 42.0 Å². The van der Waals surface area contributed by atoms with Crippen molar-refractivity contribution in [3.8, 4) is 0 Å². The van der Waals surface area contributed by atoms with Crippen molar-refractivity contribution in [2.45, 2.75) is 26.8 Å². The number of rotatable bonds is 3. The van der Waals surface area contributed by atoms with Gasteiger partial charge in [0.2, 0.25) is 0 Å². The molecule has 0 saturated carbocycles. The van der Waals surface area contributed by atoms with Crippen molar-refractivity contribution in [1.29, 1.82) is 0 Å². The monoisotopic (exact) mass is 366 g/mol. The number of benzene rings is 1. The Bertz CT molecular complexity index is 688. The number of pyridine rings is 1. The molecule has 1 unspecified atom stereocenters. The molecule has 0 saturated heterocycles. The minimum atomic E-state index is -0.235. The molecule has 1 atom stereocenters. The van der Waals surface area contributed by atoms with Crippen LogP contribution in [0.4, 0.5) is 0 Å². The third-order valence-corrected chi connectivity index (χ3v) is 4.02. The number of hydrogen-bond acceptors (Lipinski definition) is 2. The quantitative estimate of drug-likeness (QED) is 0.805. The van der Waals surface area contributed by atoms with E-state index in [9.17, 15) is 4.79 Å². The molecule has 5 heteroatoms. The molecule has 1 N–H and O–H groups in total. The van der Waals surface area contributed by atoms with Crippen molar-refractivity contribution in [2.75, 3.05) is 0 Å². The van der Waals surface area contributed by atoms with Crippen LogP contribution in [0, 0.1) is 13.8 Å². The van der Waals surface area contributed by atoms with Gasteiger partial charge >= 0.3 is 0 Å². The predicted molar refractivity (Wildman–Crippen MR) is 88.7 cm³/mol. The van der Waals surface area contributed by atoms with Crippen LogP contribution < -0.4 is 5.32 Å². The molecule has 110 valence electrons. The molecule has 1 amide bonds. The van der Waals surface area contributed by atoms with Crippen molar-refractivity contribution in [3.63, 3.8) is 0 Å². The number of hydrogen-bond donors (Lipinski definition) is 1. The zero-order valence-electron chi connectivity index (χ0n) is 12.1. The summed E-state index contributed by atoms with van der Waals surface area (Å²) in [6.45, 7) is 6.04. The first-order valence-corrected chi connectivity index (χ1v) is 7.74. The smallest absolute Gasteiger partial charge is 0.254 e. The number of carbonyl (C=O) groups is 1. The van der Waals surface area contributed by atoms with Crippen molar-refractivity contribution < 1.29 is 4.79 Å². The Kier molecular flexibility index (Phi) is 5.01. The fourth-order valence-corrected chi connectivity index (χ4v) is 2.77. The third-order valence-electron chi connectivity index (χ3n) is 3.29. The number of aryl methyl sites for hydroxylation is 2. The molecule has 21 heavy (non-hydrogen) atoms. The Hall–Kier alpha value is -1.39. The molecule has 0 aliphatic rings. The third kappa shape index (κ3) is 3.83. The molecule has 1 aromatic heterocycles. The van der Waals surface area contributed by atoms with Gasteiger partial charge < -0.3 is 5.32 Å². The van der Waals surface area contributed by atoms with Crippen LogP contribution in [0.15, 0.2) is 34.9 Å². The lowest BCUT2D eigenvalue weighted by Gasteiger charge is -2.17. The normalized spacial score (nSPS) is 12.0. The molecule has 0 spiro atoms. The number of carbonyl (C=O) groups excluding carboxylic acids is 1. The summed E-state index contributed by atoms with van der Waals surface area (Å²) in [6, 6.07) is 7.74. The van der Waals surface area contributed by atoms with Gasteiger partial charge in [0, 0.05) is 10.7 Å². The van der Waals surface area contributed by atoms with Crippen molar-refractivity contribution >= 4 is 33.4 Å². The maximum atomic E-state index is 12.3. The molecule has 0 aliphatic carbocycles. The van der Waals surface area contributed by atoms with E-state index in [0.29, 0.717) is 5.56 Å². The van der Waals surface area contributed by atoms with Gasteiger partial charge in [0.05, 0.1) is 11.6 Å². The average Bonchev–Trinajstić information content (AvgIpc) is 2.41. The number of nitrogens with zero attached hydrogens (tertiary/aromatic N) is 1. The summed E-state index contributed by atoms with van der Waals surface area (Å²) in [5, 5.41) is 3.15. The minimum Gasteiger partial charge on any atom is -0.345 e. The average molecular weight is 368 g/mol. The summed E-state index contributed by atoms with van der Waals surface area (Å²) < 4.78 is 0.719. The largest absolute Gasteiger partial charge is 0.345 e. The summed E-state index contributed by atoms with van der Waals surface area (Å²) in [5.41, 5.74) is 3.81. The van der Waals surface area contributed by atoms with Gasteiger partial charge in [-0.15, -0.1) is 0 Å². The van der Waals surface area contributed by atoms with Gasteiger partial charge in [-0.1, -0.05) is 35.4 Å². The zero-order valence-corrected chi connectivity index (χ0v) is 14.4. The summed E-state index contributed by atoms with van der Waals surface area (Å²) >= 11 is 9.27. The van der Waals surface area contributed by atoms with Gasteiger partial charge in [0.1, 0.15) is 5.15 Å². The lowest BCUT2D eigenvalue weighted by atomic mass is 10.00. The molecule has 0 radical (unpaired) electrons. The van der Waals surface area contributed by atoms with E-state index in [1.54, 1.807) is 12.3 Å². The van der Waals surface area contributed by atoms with Crippen LogP contribution in [0.2, 0.25) is 5.15 Å². The molecule has 1 aromatic carbocycles. The van der Waals surface area contributed by atoms with Gasteiger partial charge in [-0.3, -0.25) is 4.79 Å². The summed E-state index contributed by atoms with van der Waals surface area (Å²) in [7, 11) is 0. The fourth-order valence-electron chi connectivity index (χ4n) is 2.25. The van der Waals surface area contributed by atoms with Crippen LogP contribution in [0.25, 0.3) is 0 Å². The number of aromatic nitrogens is 1. The highest BCUT2D eigenvalue weighted by molar-refractivity contribution is 9.10. The van der Waals surface area contributed by atoms with Crippen LogP contribution >= 0.6 is 27.5 Å². The highest BCUT2D eigenvalue weighted by Crippen LogP contribution is 2.21. The van der Waals surface area contributed by atoms with E-state index in [0.717, 1.165) is 15.6 Å². The first-order valence-electron chi connectivity index (χ1n) is 6.57. The van der Waals surface area contributed by atoms with Crippen LogP contribution in [-0.4, -0.2) is 10.9 Å². The molecule has 1 heterocycles. The maximum Gasteiger partial charge on any atom is 0.254 e. The van der Waals surface area contributed by atoms with Gasteiger partial charge in [0.15, 0.2) is 0 Å². The Morgan fingerprint density at radius 1 is 1.33 bits per heavy atom. The summed E-state index contributed by atoms with van der Waals surface area (Å²) in [6.07, 6.45) is 1.56.